The van der Waals surface area contributed by atoms with Gasteiger partial charge in [-0.25, -0.2) is 9.48 Å². The van der Waals surface area contributed by atoms with E-state index in [1.54, 1.807) is 0 Å². The Bertz CT molecular complexity index is 1340. The van der Waals surface area contributed by atoms with E-state index in [2.05, 4.69) is 15.7 Å². The first kappa shape index (κ1) is 30.2. The molecule has 0 saturated carbocycles. The zero-order valence-corrected chi connectivity index (χ0v) is 21.1. The number of amides is 1. The standard InChI is InChI=1S/C24H24ClF6N5O3/c1-14(37)33-12-19(16-3-2-4-17(11-16)23(26,27)28)32-9-10-36-22(39)35(13-20(38)24(29,30)31)21(34-36)15-5-7-18(25)8-6-15/h2-8,11,19-20,32,38H,9-10,12-13H2,1H3,(H,33,37). The summed E-state index contributed by atoms with van der Waals surface area (Å²) in [6.45, 7) is -0.191. The number of halogens is 7. The second-order valence-corrected chi connectivity index (χ2v) is 9.01. The zero-order chi connectivity index (χ0) is 29.0. The third kappa shape index (κ3) is 8.07. The molecule has 2 atom stereocenters. The van der Waals surface area contributed by atoms with Crippen molar-refractivity contribution in [1.29, 1.82) is 0 Å². The number of aliphatic hydroxyl groups excluding tert-OH is 1. The lowest BCUT2D eigenvalue weighted by Crippen LogP contribution is -2.38. The van der Waals surface area contributed by atoms with Crippen LogP contribution in [-0.4, -0.2) is 50.7 Å². The summed E-state index contributed by atoms with van der Waals surface area (Å²) in [5.74, 6) is -0.563. The van der Waals surface area contributed by atoms with Gasteiger partial charge in [-0.2, -0.15) is 26.3 Å². The summed E-state index contributed by atoms with van der Waals surface area (Å²) in [5, 5.41) is 19.5. The first-order valence-corrected chi connectivity index (χ1v) is 11.9. The van der Waals surface area contributed by atoms with Gasteiger partial charge in [-0.1, -0.05) is 23.7 Å². The Morgan fingerprint density at radius 1 is 1.10 bits per heavy atom. The molecule has 3 rings (SSSR count). The molecule has 212 valence electrons. The van der Waals surface area contributed by atoms with Crippen LogP contribution in [-0.2, 0) is 24.1 Å². The van der Waals surface area contributed by atoms with Crippen LogP contribution in [0.3, 0.4) is 0 Å². The molecule has 2 unspecified atom stereocenters. The number of alkyl halides is 6. The molecule has 0 aliphatic carbocycles. The quantitative estimate of drug-likeness (QED) is 0.318. The van der Waals surface area contributed by atoms with Crippen molar-refractivity contribution in [3.63, 3.8) is 0 Å². The highest BCUT2D eigenvalue weighted by atomic mass is 35.5. The maximum atomic E-state index is 13.2. The van der Waals surface area contributed by atoms with Crippen molar-refractivity contribution in [2.24, 2.45) is 0 Å². The number of nitrogens with zero attached hydrogens (tertiary/aromatic N) is 3. The highest BCUT2D eigenvalue weighted by Gasteiger charge is 2.39. The molecule has 2 aromatic carbocycles. The molecule has 0 fully saturated rings. The average Bonchev–Trinajstić information content (AvgIpc) is 3.15. The Balaban J connectivity index is 1.86. The van der Waals surface area contributed by atoms with Crippen molar-refractivity contribution >= 4 is 17.5 Å². The van der Waals surface area contributed by atoms with Crippen molar-refractivity contribution < 1.29 is 36.2 Å². The molecule has 0 saturated heterocycles. The van der Waals surface area contributed by atoms with E-state index in [-0.39, 0.29) is 36.6 Å². The lowest BCUT2D eigenvalue weighted by atomic mass is 10.0. The number of carbonyl (C=O) groups excluding carboxylic acids is 1. The number of hydrogen-bond donors (Lipinski definition) is 3. The summed E-state index contributed by atoms with van der Waals surface area (Å²) in [6, 6.07) is 9.49. The highest BCUT2D eigenvalue weighted by molar-refractivity contribution is 6.30. The van der Waals surface area contributed by atoms with Crippen molar-refractivity contribution in [3.8, 4) is 11.4 Å². The van der Waals surface area contributed by atoms with Gasteiger partial charge in [-0.3, -0.25) is 9.36 Å². The van der Waals surface area contributed by atoms with Gasteiger partial charge in [-0.05, 0) is 42.0 Å². The van der Waals surface area contributed by atoms with Crippen LogP contribution in [0.15, 0.2) is 53.3 Å². The van der Waals surface area contributed by atoms with E-state index >= 15 is 0 Å². The third-order valence-electron chi connectivity index (χ3n) is 5.64. The molecule has 8 nitrogen and oxygen atoms in total. The number of hydrogen-bond acceptors (Lipinski definition) is 5. The lowest BCUT2D eigenvalue weighted by molar-refractivity contribution is -0.207. The first-order chi connectivity index (χ1) is 18.2. The smallest absolute Gasteiger partial charge is 0.382 e. The molecular weight excluding hydrogens is 556 g/mol. The zero-order valence-electron chi connectivity index (χ0n) is 20.4. The fourth-order valence-corrected chi connectivity index (χ4v) is 3.80. The van der Waals surface area contributed by atoms with Crippen LogP contribution >= 0.6 is 11.6 Å². The summed E-state index contributed by atoms with van der Waals surface area (Å²) in [7, 11) is 0. The number of aromatic nitrogens is 3. The molecule has 39 heavy (non-hydrogen) atoms. The van der Waals surface area contributed by atoms with Crippen LogP contribution in [0.5, 0.6) is 0 Å². The lowest BCUT2D eigenvalue weighted by Gasteiger charge is -2.20. The second-order valence-electron chi connectivity index (χ2n) is 8.57. The van der Waals surface area contributed by atoms with Gasteiger partial charge < -0.3 is 15.7 Å². The molecule has 1 heterocycles. The summed E-state index contributed by atoms with van der Waals surface area (Å²) in [4.78, 5) is 24.4. The molecule has 1 aromatic heterocycles. The van der Waals surface area contributed by atoms with Gasteiger partial charge in [0, 0.05) is 36.6 Å². The van der Waals surface area contributed by atoms with Gasteiger partial charge >= 0.3 is 18.0 Å². The molecule has 0 spiro atoms. The molecule has 0 aliphatic rings. The summed E-state index contributed by atoms with van der Waals surface area (Å²) < 4.78 is 80.2. The Hall–Kier alpha value is -3.36. The molecule has 1 amide bonds. The summed E-state index contributed by atoms with van der Waals surface area (Å²) in [5.41, 5.74) is -1.35. The van der Waals surface area contributed by atoms with Crippen LogP contribution in [0, 0.1) is 0 Å². The van der Waals surface area contributed by atoms with Crippen molar-refractivity contribution in [2.75, 3.05) is 13.1 Å². The number of rotatable bonds is 10. The first-order valence-electron chi connectivity index (χ1n) is 11.5. The van der Waals surface area contributed by atoms with Gasteiger partial charge in [0.05, 0.1) is 18.7 Å². The monoisotopic (exact) mass is 579 g/mol. The molecule has 15 heteroatoms. The minimum atomic E-state index is -4.98. The normalized spacial score (nSPS) is 13.8. The minimum Gasteiger partial charge on any atom is -0.382 e. The predicted molar refractivity (Wildman–Crippen MR) is 130 cm³/mol. The Morgan fingerprint density at radius 2 is 1.77 bits per heavy atom. The highest BCUT2D eigenvalue weighted by Crippen LogP contribution is 2.31. The SMILES string of the molecule is CC(=O)NCC(NCCn1nc(-c2ccc(Cl)cc2)n(CC(O)C(F)(F)F)c1=O)c1cccc(C(F)(F)F)c1. The molecule has 0 aliphatic heterocycles. The molecule has 0 bridgehead atoms. The topological polar surface area (TPSA) is 101 Å². The Kier molecular flexibility index (Phi) is 9.46. The van der Waals surface area contributed by atoms with E-state index in [0.717, 1.165) is 16.8 Å². The predicted octanol–water partition coefficient (Wildman–Crippen LogP) is 3.77. The maximum Gasteiger partial charge on any atom is 0.416 e. The largest absolute Gasteiger partial charge is 0.416 e. The average molecular weight is 580 g/mol. The number of benzene rings is 2. The minimum absolute atomic E-state index is 0.0563. The maximum absolute atomic E-state index is 13.2. The number of carbonyl (C=O) groups is 1. The van der Waals surface area contributed by atoms with Crippen LogP contribution in [0.4, 0.5) is 26.3 Å². The fourth-order valence-electron chi connectivity index (χ4n) is 3.67. The summed E-state index contributed by atoms with van der Waals surface area (Å²) in [6.07, 6.45) is -12.4. The van der Waals surface area contributed by atoms with Crippen LogP contribution in [0.2, 0.25) is 5.02 Å². The van der Waals surface area contributed by atoms with Crippen LogP contribution in [0.1, 0.15) is 24.1 Å². The molecular formula is C24H24ClF6N5O3. The van der Waals surface area contributed by atoms with E-state index in [1.165, 1.54) is 43.3 Å². The van der Waals surface area contributed by atoms with Gasteiger partial charge in [0.25, 0.3) is 0 Å². The summed E-state index contributed by atoms with van der Waals surface area (Å²) >= 11 is 5.87. The van der Waals surface area contributed by atoms with E-state index in [1.807, 2.05) is 0 Å². The van der Waals surface area contributed by atoms with Gasteiger partial charge in [0.15, 0.2) is 11.9 Å². The van der Waals surface area contributed by atoms with Crippen molar-refractivity contribution in [1.82, 2.24) is 25.0 Å². The number of nitrogens with one attached hydrogen (secondary N) is 2. The van der Waals surface area contributed by atoms with Crippen LogP contribution in [0.25, 0.3) is 11.4 Å². The number of aliphatic hydroxyl groups is 1. The van der Waals surface area contributed by atoms with Gasteiger partial charge in [0.2, 0.25) is 5.91 Å². The molecule has 0 radical (unpaired) electrons. The fraction of sp³-hybridized carbons (Fsp3) is 0.375. The van der Waals surface area contributed by atoms with Crippen molar-refractivity contribution in [3.05, 3.63) is 75.2 Å². The molecule has 3 aromatic rings. The third-order valence-corrected chi connectivity index (χ3v) is 5.90. The second kappa shape index (κ2) is 12.2. The van der Waals surface area contributed by atoms with E-state index in [0.29, 0.717) is 9.59 Å². The van der Waals surface area contributed by atoms with Gasteiger partial charge in [-0.15, -0.1) is 5.10 Å². The van der Waals surface area contributed by atoms with E-state index < -0.39 is 48.2 Å². The Morgan fingerprint density at radius 3 is 2.36 bits per heavy atom. The van der Waals surface area contributed by atoms with Crippen LogP contribution < -0.4 is 16.3 Å². The van der Waals surface area contributed by atoms with E-state index in [9.17, 15) is 41.0 Å². The van der Waals surface area contributed by atoms with Gasteiger partial charge in [0.1, 0.15) is 0 Å². The molecule has 3 N–H and O–H groups in total. The van der Waals surface area contributed by atoms with E-state index in [4.69, 9.17) is 11.6 Å². The Labute approximate surface area is 223 Å². The van der Waals surface area contributed by atoms with Crippen molar-refractivity contribution in [2.45, 2.75) is 44.5 Å².